The Labute approximate surface area is 223 Å². The van der Waals surface area contributed by atoms with E-state index < -0.39 is 23.8 Å². The zero-order valence-electron chi connectivity index (χ0n) is 20.6. The van der Waals surface area contributed by atoms with Crippen molar-refractivity contribution in [1.82, 2.24) is 20.1 Å². The first-order valence-corrected chi connectivity index (χ1v) is 12.3. The smallest absolute Gasteiger partial charge is 0.428 e. The summed E-state index contributed by atoms with van der Waals surface area (Å²) in [5.41, 5.74) is 0.130. The minimum atomic E-state index is -4.69. The molecule has 2 aromatic carbocycles. The monoisotopic (exact) mass is 550 g/mol. The van der Waals surface area contributed by atoms with Gasteiger partial charge in [0.25, 0.3) is 0 Å². The van der Waals surface area contributed by atoms with Crippen LogP contribution in [-0.4, -0.2) is 66.6 Å². The van der Waals surface area contributed by atoms with Gasteiger partial charge in [-0.3, -0.25) is 4.98 Å². The second kappa shape index (κ2) is 11.6. The van der Waals surface area contributed by atoms with Gasteiger partial charge < -0.3 is 19.9 Å². The van der Waals surface area contributed by atoms with Gasteiger partial charge in [-0.2, -0.15) is 17.6 Å². The summed E-state index contributed by atoms with van der Waals surface area (Å²) in [7, 11) is 1.97. The van der Waals surface area contributed by atoms with Crippen molar-refractivity contribution >= 4 is 17.6 Å². The topological polar surface area (TPSA) is 57.7 Å². The number of benzene rings is 2. The molecular formula is C27H27ClF4N4O2. The molecule has 1 fully saturated rings. The van der Waals surface area contributed by atoms with Crippen molar-refractivity contribution in [2.75, 3.05) is 33.2 Å². The average molecular weight is 551 g/mol. The maximum absolute atomic E-state index is 13.8. The van der Waals surface area contributed by atoms with Gasteiger partial charge in [-0.15, -0.1) is 0 Å². The minimum Gasteiger partial charge on any atom is -0.428 e. The lowest BCUT2D eigenvalue weighted by atomic mass is 9.80. The van der Waals surface area contributed by atoms with Crippen LogP contribution >= 0.6 is 11.6 Å². The summed E-state index contributed by atoms with van der Waals surface area (Å²) in [6.45, 7) is 2.35. The molecular weight excluding hydrogens is 524 g/mol. The molecule has 0 saturated carbocycles. The van der Waals surface area contributed by atoms with Gasteiger partial charge in [0.05, 0.1) is 10.7 Å². The predicted octanol–water partition coefficient (Wildman–Crippen LogP) is 5.42. The predicted molar refractivity (Wildman–Crippen MR) is 136 cm³/mol. The number of hydrogen-bond donors (Lipinski definition) is 1. The number of carbonyl (C=O) groups excluding carboxylic acids is 1. The first kappa shape index (κ1) is 27.7. The summed E-state index contributed by atoms with van der Waals surface area (Å²) in [5, 5.41) is 3.46. The Morgan fingerprint density at radius 1 is 1.05 bits per heavy atom. The number of carbonyl (C=O) groups is 1. The van der Waals surface area contributed by atoms with E-state index in [0.717, 1.165) is 11.6 Å². The molecule has 1 atom stereocenters. The molecule has 0 bridgehead atoms. The number of hydrogen-bond acceptors (Lipinski definition) is 4. The molecule has 6 nitrogen and oxygen atoms in total. The Bertz CT molecular complexity index is 1230. The molecule has 1 aliphatic heterocycles. The molecule has 11 heteroatoms. The largest absolute Gasteiger partial charge is 0.461 e. The fourth-order valence-electron chi connectivity index (χ4n) is 4.35. The first-order chi connectivity index (χ1) is 18.1. The molecule has 1 saturated heterocycles. The molecule has 0 radical (unpaired) electrons. The lowest BCUT2D eigenvalue weighted by Gasteiger charge is -2.39. The second-order valence-corrected chi connectivity index (χ2v) is 9.58. The number of piperazine rings is 1. The molecule has 3 aromatic rings. The molecule has 0 spiro atoms. The molecule has 2 heterocycles. The number of alkyl halides is 4. The van der Waals surface area contributed by atoms with Crippen molar-refractivity contribution < 1.29 is 27.1 Å². The maximum Gasteiger partial charge on any atom is 0.461 e. The summed E-state index contributed by atoms with van der Waals surface area (Å²) in [6.07, 6.45) is -7.11. The third-order valence-electron chi connectivity index (χ3n) is 6.42. The Balaban J connectivity index is 1.83. The fourth-order valence-corrected chi connectivity index (χ4v) is 4.46. The summed E-state index contributed by atoms with van der Waals surface area (Å²) in [4.78, 5) is 21.9. The van der Waals surface area contributed by atoms with Crippen molar-refractivity contribution in [3.8, 4) is 5.75 Å². The number of halogens is 5. The van der Waals surface area contributed by atoms with Gasteiger partial charge in [0.1, 0.15) is 11.3 Å². The highest BCUT2D eigenvalue weighted by Gasteiger charge is 2.45. The number of rotatable bonds is 8. The van der Waals surface area contributed by atoms with Crippen LogP contribution in [0.1, 0.15) is 16.8 Å². The number of nitrogens with one attached hydrogen (secondary N) is 1. The fraction of sp³-hybridized carbons (Fsp3) is 0.333. The summed E-state index contributed by atoms with van der Waals surface area (Å²) in [5.74, 6) is -0.479. The van der Waals surface area contributed by atoms with Gasteiger partial charge in [-0.25, -0.2) is 4.79 Å². The van der Waals surface area contributed by atoms with Crippen LogP contribution in [0.3, 0.4) is 0 Å². The van der Waals surface area contributed by atoms with Crippen molar-refractivity contribution in [3.63, 3.8) is 0 Å². The van der Waals surface area contributed by atoms with Gasteiger partial charge in [-0.1, -0.05) is 54.1 Å². The third-order valence-corrected chi connectivity index (χ3v) is 6.65. The van der Waals surface area contributed by atoms with Crippen LogP contribution in [0.4, 0.5) is 22.4 Å². The molecule has 38 heavy (non-hydrogen) atoms. The molecule has 4 rings (SSSR count). The van der Waals surface area contributed by atoms with E-state index in [2.05, 4.69) is 19.9 Å². The van der Waals surface area contributed by atoms with E-state index in [9.17, 15) is 22.4 Å². The number of pyridine rings is 1. The summed E-state index contributed by atoms with van der Waals surface area (Å²) >= 11 is 6.10. The first-order valence-electron chi connectivity index (χ1n) is 12.0. The molecule has 1 N–H and O–H groups in total. The molecule has 202 valence electrons. The second-order valence-electron chi connectivity index (χ2n) is 9.14. The van der Waals surface area contributed by atoms with E-state index in [-0.39, 0.29) is 12.5 Å². The van der Waals surface area contributed by atoms with Crippen LogP contribution in [0, 0.1) is 0 Å². The highest BCUT2D eigenvalue weighted by Crippen LogP contribution is 2.36. The lowest BCUT2D eigenvalue weighted by Crippen LogP contribution is -2.57. The molecule has 2 amide bonds. The molecule has 0 unspecified atom stereocenters. The van der Waals surface area contributed by atoms with Crippen LogP contribution in [0.5, 0.6) is 5.75 Å². The van der Waals surface area contributed by atoms with Crippen LogP contribution < -0.4 is 10.1 Å². The van der Waals surface area contributed by atoms with Crippen LogP contribution in [0.15, 0.2) is 72.9 Å². The van der Waals surface area contributed by atoms with Gasteiger partial charge in [0.15, 0.2) is 0 Å². The maximum atomic E-state index is 13.8. The van der Waals surface area contributed by atoms with Gasteiger partial charge in [0, 0.05) is 38.8 Å². The van der Waals surface area contributed by atoms with Crippen molar-refractivity contribution in [2.45, 2.75) is 24.5 Å². The van der Waals surface area contributed by atoms with Crippen molar-refractivity contribution in [3.05, 3.63) is 94.8 Å². The number of nitrogens with zero attached hydrogens (tertiary/aromatic N) is 3. The van der Waals surface area contributed by atoms with E-state index >= 15 is 0 Å². The van der Waals surface area contributed by atoms with Crippen LogP contribution in [0.25, 0.3) is 0 Å². The van der Waals surface area contributed by atoms with Gasteiger partial charge in [0.2, 0.25) is 0 Å². The zero-order chi connectivity index (χ0) is 27.3. The van der Waals surface area contributed by atoms with Crippen molar-refractivity contribution in [2.24, 2.45) is 0 Å². The number of urea groups is 1. The highest BCUT2D eigenvalue weighted by atomic mass is 35.5. The van der Waals surface area contributed by atoms with E-state index in [0.29, 0.717) is 42.5 Å². The van der Waals surface area contributed by atoms with Gasteiger partial charge >= 0.3 is 18.6 Å². The quantitative estimate of drug-likeness (QED) is 0.381. The number of amides is 2. The molecule has 0 aliphatic carbocycles. The third kappa shape index (κ3) is 6.36. The molecule has 1 aliphatic rings. The zero-order valence-corrected chi connectivity index (χ0v) is 21.3. The van der Waals surface area contributed by atoms with Crippen LogP contribution in [0.2, 0.25) is 5.02 Å². The Hall–Kier alpha value is -3.37. The van der Waals surface area contributed by atoms with Crippen molar-refractivity contribution in [1.29, 1.82) is 0 Å². The average Bonchev–Trinajstić information content (AvgIpc) is 2.89. The number of likely N-dealkylation sites (N-methyl/N-ethyl adjacent to an activating group) is 1. The molecule has 1 aromatic heterocycles. The van der Waals surface area contributed by atoms with Crippen LogP contribution in [-0.2, 0) is 12.0 Å². The normalized spacial score (nSPS) is 16.2. The van der Waals surface area contributed by atoms with E-state index in [1.165, 1.54) is 18.3 Å². The highest BCUT2D eigenvalue weighted by molar-refractivity contribution is 6.30. The SMILES string of the molecule is CN1CCN(C(=O)N[C@@](Cc2ccccc2)(c2cccc(OC(F)(F)C(F)F)c2)c2ccc(Cl)cn2)CC1. The lowest BCUT2D eigenvalue weighted by molar-refractivity contribution is -0.253. The Morgan fingerprint density at radius 3 is 2.39 bits per heavy atom. The summed E-state index contributed by atoms with van der Waals surface area (Å²) in [6, 6.07) is 17.5. The number of ether oxygens (including phenoxy) is 1. The summed E-state index contributed by atoms with van der Waals surface area (Å²) < 4.78 is 57.7. The standard InChI is InChI=1S/C27H27ClF4N4O2/c1-35-12-14-36(15-13-35)25(37)34-26(17-19-6-3-2-4-7-19,23-11-10-21(28)18-33-23)20-8-5-9-22(16-20)38-27(31,32)24(29)30/h2-11,16,18,24H,12-15,17H2,1H3,(H,34,37)/t26-/m0/s1. The van der Waals surface area contributed by atoms with E-state index in [1.54, 1.807) is 23.1 Å². The number of aromatic nitrogens is 1. The Kier molecular flexibility index (Phi) is 8.42. The van der Waals surface area contributed by atoms with Gasteiger partial charge in [-0.05, 0) is 42.4 Å². The van der Waals surface area contributed by atoms with E-state index in [1.807, 2.05) is 37.4 Å². The Morgan fingerprint density at radius 2 is 1.76 bits per heavy atom. The van der Waals surface area contributed by atoms with E-state index in [4.69, 9.17) is 11.6 Å². The minimum absolute atomic E-state index is 0.177.